The zero-order valence-corrected chi connectivity index (χ0v) is 7.65. The second-order valence-electron chi connectivity index (χ2n) is 2.83. The maximum atomic E-state index is 11.1. The molecule has 6 nitrogen and oxygen atoms in total. The van der Waals surface area contributed by atoms with Crippen LogP contribution in [0.4, 0.5) is 0 Å². The summed E-state index contributed by atoms with van der Waals surface area (Å²) >= 11 is 0. The summed E-state index contributed by atoms with van der Waals surface area (Å²) in [6.07, 6.45) is 1.87. The molecule has 0 aliphatic heterocycles. The van der Waals surface area contributed by atoms with Crippen molar-refractivity contribution in [3.63, 3.8) is 0 Å². The molecule has 0 spiro atoms. The molecule has 0 bridgehead atoms. The van der Waals surface area contributed by atoms with Crippen LogP contribution in [-0.2, 0) is 9.53 Å². The third kappa shape index (κ3) is 1.90. The monoisotopic (exact) mass is 198 g/mol. The molecule has 0 aromatic heterocycles. The van der Waals surface area contributed by atoms with E-state index >= 15 is 0 Å². The molecular formula is C8H10N2O4. The minimum Gasteiger partial charge on any atom is -0.466 e. The fourth-order valence-corrected chi connectivity index (χ4v) is 1.19. The topological polar surface area (TPSA) is 95.5 Å². The van der Waals surface area contributed by atoms with Crippen LogP contribution in [0.3, 0.4) is 0 Å². The lowest BCUT2D eigenvalue weighted by atomic mass is 10.0. The zero-order chi connectivity index (χ0) is 10.7. The molecule has 0 aromatic rings. The molecule has 76 valence electrons. The van der Waals surface area contributed by atoms with E-state index in [2.05, 4.69) is 4.74 Å². The van der Waals surface area contributed by atoms with Crippen LogP contribution in [0.5, 0.6) is 0 Å². The summed E-state index contributed by atoms with van der Waals surface area (Å²) in [5.74, 6) is -0.545. The number of hydrogen-bond donors (Lipinski definition) is 1. The Balaban J connectivity index is 3.00. The summed E-state index contributed by atoms with van der Waals surface area (Å²) < 4.78 is 4.46. The second kappa shape index (κ2) is 3.91. The largest absolute Gasteiger partial charge is 0.466 e. The molecule has 0 saturated carbocycles. The summed E-state index contributed by atoms with van der Waals surface area (Å²) in [6, 6.07) is 0. The summed E-state index contributed by atoms with van der Waals surface area (Å²) in [6.45, 7) is 0. The summed E-state index contributed by atoms with van der Waals surface area (Å²) in [7, 11) is 1.23. The number of carbonyl (C=O) groups excluding carboxylic acids is 1. The molecule has 2 N–H and O–H groups in total. The Kier molecular flexibility index (Phi) is 2.85. The number of rotatable bonds is 2. The minimum absolute atomic E-state index is 0.197. The highest BCUT2D eigenvalue weighted by atomic mass is 16.6. The number of nitro groups is 1. The molecule has 14 heavy (non-hydrogen) atoms. The maximum absolute atomic E-state index is 11.1. The highest BCUT2D eigenvalue weighted by Crippen LogP contribution is 2.21. The maximum Gasteiger partial charge on any atom is 0.333 e. The number of carbonyl (C=O) groups is 1. The van der Waals surface area contributed by atoms with E-state index < -0.39 is 10.9 Å². The first kappa shape index (κ1) is 10.2. The molecular weight excluding hydrogens is 188 g/mol. The standard InChI is InChI=1S/C8H10N2O4/c1-14-8(11)5-2-3-6(9)7(4-5)10(12)13/h4H,2-3,9H2,1H3. The van der Waals surface area contributed by atoms with Crippen LogP contribution in [0.1, 0.15) is 12.8 Å². The predicted octanol–water partition coefficient (Wildman–Crippen LogP) is 0.327. The van der Waals surface area contributed by atoms with Crippen LogP contribution in [0.15, 0.2) is 23.0 Å². The van der Waals surface area contributed by atoms with Gasteiger partial charge in [0.2, 0.25) is 0 Å². The Hall–Kier alpha value is -1.85. The fraction of sp³-hybridized carbons (Fsp3) is 0.375. The molecule has 0 saturated heterocycles. The van der Waals surface area contributed by atoms with Crippen molar-refractivity contribution in [3.8, 4) is 0 Å². The third-order valence-corrected chi connectivity index (χ3v) is 1.95. The molecule has 1 aliphatic rings. The Morgan fingerprint density at radius 3 is 2.79 bits per heavy atom. The second-order valence-corrected chi connectivity index (χ2v) is 2.83. The number of esters is 1. The minimum atomic E-state index is -0.600. The van der Waals surface area contributed by atoms with E-state index in [1.807, 2.05) is 0 Å². The molecule has 0 heterocycles. The Morgan fingerprint density at radius 1 is 1.64 bits per heavy atom. The van der Waals surface area contributed by atoms with E-state index in [0.717, 1.165) is 0 Å². The molecule has 1 aliphatic carbocycles. The average molecular weight is 198 g/mol. The van der Waals surface area contributed by atoms with Gasteiger partial charge in [0.15, 0.2) is 0 Å². The first-order valence-electron chi connectivity index (χ1n) is 3.98. The molecule has 1 rings (SSSR count). The molecule has 6 heteroatoms. The smallest absolute Gasteiger partial charge is 0.333 e. The van der Waals surface area contributed by atoms with Gasteiger partial charge in [-0.05, 0) is 12.8 Å². The Labute approximate surface area is 80.2 Å². The number of nitrogens with zero attached hydrogens (tertiary/aromatic N) is 1. The fourth-order valence-electron chi connectivity index (χ4n) is 1.19. The SMILES string of the molecule is COC(=O)C1=CC([N+](=O)[O-])=C(N)CC1. The third-order valence-electron chi connectivity index (χ3n) is 1.95. The van der Waals surface area contributed by atoms with Crippen molar-refractivity contribution in [1.29, 1.82) is 0 Å². The van der Waals surface area contributed by atoms with Crippen LogP contribution in [0.2, 0.25) is 0 Å². The lowest BCUT2D eigenvalue weighted by Gasteiger charge is -2.10. The van der Waals surface area contributed by atoms with Crippen LogP contribution in [-0.4, -0.2) is 18.0 Å². The molecule has 0 radical (unpaired) electrons. The van der Waals surface area contributed by atoms with Gasteiger partial charge in [-0.1, -0.05) is 0 Å². The van der Waals surface area contributed by atoms with Gasteiger partial charge < -0.3 is 10.5 Å². The normalized spacial score (nSPS) is 16.2. The first-order valence-corrected chi connectivity index (χ1v) is 3.98. The van der Waals surface area contributed by atoms with Gasteiger partial charge in [0, 0.05) is 11.6 Å². The van der Waals surface area contributed by atoms with Gasteiger partial charge in [0.25, 0.3) is 5.70 Å². The van der Waals surface area contributed by atoms with E-state index in [0.29, 0.717) is 12.8 Å². The quantitative estimate of drug-likeness (QED) is 0.391. The van der Waals surface area contributed by atoms with Crippen LogP contribution in [0, 0.1) is 10.1 Å². The lowest BCUT2D eigenvalue weighted by Crippen LogP contribution is -2.16. The van der Waals surface area contributed by atoms with Gasteiger partial charge in [-0.15, -0.1) is 0 Å². The Bertz CT molecular complexity index is 343. The van der Waals surface area contributed by atoms with Crippen molar-refractivity contribution < 1.29 is 14.5 Å². The van der Waals surface area contributed by atoms with Crippen molar-refractivity contribution in [2.24, 2.45) is 5.73 Å². The van der Waals surface area contributed by atoms with Crippen molar-refractivity contribution >= 4 is 5.97 Å². The highest BCUT2D eigenvalue weighted by Gasteiger charge is 2.23. The molecule has 0 amide bonds. The van der Waals surface area contributed by atoms with E-state index in [9.17, 15) is 14.9 Å². The van der Waals surface area contributed by atoms with Crippen molar-refractivity contribution in [2.75, 3.05) is 7.11 Å². The molecule has 0 unspecified atom stereocenters. The molecule has 0 aromatic carbocycles. The summed E-state index contributed by atoms with van der Waals surface area (Å²) in [4.78, 5) is 21.0. The predicted molar refractivity (Wildman–Crippen MR) is 47.5 cm³/mol. The zero-order valence-electron chi connectivity index (χ0n) is 7.65. The van der Waals surface area contributed by atoms with E-state index in [1.54, 1.807) is 0 Å². The van der Waals surface area contributed by atoms with Crippen molar-refractivity contribution in [3.05, 3.63) is 33.2 Å². The van der Waals surface area contributed by atoms with Gasteiger partial charge in [-0.3, -0.25) is 10.1 Å². The summed E-state index contributed by atoms with van der Waals surface area (Å²) in [5, 5.41) is 10.5. The van der Waals surface area contributed by atoms with Crippen LogP contribution >= 0.6 is 0 Å². The molecule has 0 atom stereocenters. The number of nitrogens with two attached hydrogens (primary N) is 1. The lowest BCUT2D eigenvalue weighted by molar-refractivity contribution is -0.420. The molecule has 0 fully saturated rings. The Morgan fingerprint density at radius 2 is 2.29 bits per heavy atom. The van der Waals surface area contributed by atoms with E-state index in [1.165, 1.54) is 13.2 Å². The van der Waals surface area contributed by atoms with Crippen LogP contribution < -0.4 is 5.73 Å². The number of methoxy groups -OCH3 is 1. The van der Waals surface area contributed by atoms with Gasteiger partial charge in [-0.2, -0.15) is 0 Å². The van der Waals surface area contributed by atoms with Crippen LogP contribution in [0.25, 0.3) is 0 Å². The summed E-state index contributed by atoms with van der Waals surface area (Å²) in [5.41, 5.74) is 5.70. The first-order chi connectivity index (χ1) is 6.56. The average Bonchev–Trinajstić information content (AvgIpc) is 2.17. The van der Waals surface area contributed by atoms with Crippen molar-refractivity contribution in [1.82, 2.24) is 0 Å². The number of hydrogen-bond acceptors (Lipinski definition) is 5. The van der Waals surface area contributed by atoms with Gasteiger partial charge in [0.1, 0.15) is 0 Å². The number of ether oxygens (including phenoxy) is 1. The van der Waals surface area contributed by atoms with E-state index in [4.69, 9.17) is 5.73 Å². The van der Waals surface area contributed by atoms with Gasteiger partial charge in [-0.25, -0.2) is 4.79 Å². The van der Waals surface area contributed by atoms with E-state index in [-0.39, 0.29) is 17.0 Å². The van der Waals surface area contributed by atoms with Gasteiger partial charge >= 0.3 is 5.97 Å². The highest BCUT2D eigenvalue weighted by molar-refractivity contribution is 5.89. The number of allylic oxidation sites excluding steroid dienone is 2. The van der Waals surface area contributed by atoms with Crippen molar-refractivity contribution in [2.45, 2.75) is 12.8 Å². The van der Waals surface area contributed by atoms with Gasteiger partial charge in [0.05, 0.1) is 17.7 Å².